The Labute approximate surface area is 98.7 Å². The van der Waals surface area contributed by atoms with E-state index < -0.39 is 5.91 Å². The molecule has 0 aliphatic heterocycles. The first-order valence-electron chi connectivity index (χ1n) is 4.99. The van der Waals surface area contributed by atoms with Gasteiger partial charge in [-0.2, -0.15) is 5.10 Å². The number of nitrogens with one attached hydrogen (secondary N) is 2. The molecule has 0 unspecified atom stereocenters. The van der Waals surface area contributed by atoms with Crippen molar-refractivity contribution in [2.24, 2.45) is 10.9 Å². The standard InChI is InChI=1S/C11H13N4O2/c12-10(16)5-6-14-11(17)9-3-1-8(2-4-9)7-15-13/h1-4,7,12H,5-6,13H2,(H,14,17). The zero-order chi connectivity index (χ0) is 12.7. The maximum atomic E-state index is 11.6. The summed E-state index contributed by atoms with van der Waals surface area (Å²) in [6, 6.07) is 6.69. The first kappa shape index (κ1) is 12.7. The van der Waals surface area contributed by atoms with E-state index in [9.17, 15) is 9.59 Å². The van der Waals surface area contributed by atoms with Crippen molar-refractivity contribution >= 4 is 18.0 Å². The van der Waals surface area contributed by atoms with Crippen molar-refractivity contribution in [1.29, 1.82) is 0 Å². The lowest BCUT2D eigenvalue weighted by Crippen LogP contribution is -2.26. The number of amides is 2. The van der Waals surface area contributed by atoms with E-state index in [1.54, 1.807) is 24.3 Å². The van der Waals surface area contributed by atoms with Gasteiger partial charge in [-0.3, -0.25) is 15.3 Å². The number of hydrogen-bond donors (Lipinski definition) is 2. The second-order valence-corrected chi connectivity index (χ2v) is 3.33. The lowest BCUT2D eigenvalue weighted by molar-refractivity contribution is -0.118. The molecule has 0 heterocycles. The van der Waals surface area contributed by atoms with Gasteiger partial charge in [0.05, 0.1) is 6.21 Å². The lowest BCUT2D eigenvalue weighted by atomic mass is 10.1. The van der Waals surface area contributed by atoms with Crippen LogP contribution in [0.5, 0.6) is 0 Å². The van der Waals surface area contributed by atoms with Crippen LogP contribution < -0.4 is 16.9 Å². The zero-order valence-corrected chi connectivity index (χ0v) is 9.14. The molecule has 0 fully saturated rings. The van der Waals surface area contributed by atoms with Gasteiger partial charge in [0.1, 0.15) is 0 Å². The van der Waals surface area contributed by atoms with Crippen LogP contribution in [0.3, 0.4) is 0 Å². The molecule has 0 spiro atoms. The minimum atomic E-state index is -0.695. The quantitative estimate of drug-likeness (QED) is 0.421. The number of rotatable bonds is 5. The maximum Gasteiger partial charge on any atom is 0.251 e. The van der Waals surface area contributed by atoms with Gasteiger partial charge >= 0.3 is 0 Å². The van der Waals surface area contributed by atoms with E-state index in [1.165, 1.54) is 6.21 Å². The summed E-state index contributed by atoms with van der Waals surface area (Å²) >= 11 is 0. The van der Waals surface area contributed by atoms with Crippen LogP contribution in [0.4, 0.5) is 0 Å². The molecule has 89 valence electrons. The molecule has 6 nitrogen and oxygen atoms in total. The molecule has 4 N–H and O–H groups in total. The summed E-state index contributed by atoms with van der Waals surface area (Å²) in [5, 5.41) is 5.91. The fraction of sp³-hybridized carbons (Fsp3) is 0.182. The van der Waals surface area contributed by atoms with Crippen LogP contribution in [-0.4, -0.2) is 24.6 Å². The number of nitrogens with two attached hydrogens (primary N) is 1. The van der Waals surface area contributed by atoms with Crippen LogP contribution in [0.1, 0.15) is 22.3 Å². The van der Waals surface area contributed by atoms with Gasteiger partial charge in [-0.25, -0.2) is 0 Å². The molecule has 0 saturated heterocycles. The van der Waals surface area contributed by atoms with E-state index in [0.29, 0.717) is 5.56 Å². The molecule has 0 bridgehead atoms. The normalized spacial score (nSPS) is 10.4. The van der Waals surface area contributed by atoms with Crippen LogP contribution in [0.15, 0.2) is 29.4 Å². The molecule has 1 radical (unpaired) electrons. The number of hydrazone groups is 1. The minimum absolute atomic E-state index is 0.0175. The van der Waals surface area contributed by atoms with E-state index in [2.05, 4.69) is 10.4 Å². The third-order valence-corrected chi connectivity index (χ3v) is 2.03. The van der Waals surface area contributed by atoms with Crippen molar-refractivity contribution in [1.82, 2.24) is 11.1 Å². The average Bonchev–Trinajstić information content (AvgIpc) is 2.30. The molecular formula is C11H13N4O2. The number of nitrogens with zero attached hydrogens (tertiary/aromatic N) is 1. The Hall–Kier alpha value is -2.37. The number of carbonyl (C=O) groups is 2. The van der Waals surface area contributed by atoms with Crippen LogP contribution in [0.25, 0.3) is 0 Å². The highest BCUT2D eigenvalue weighted by Gasteiger charge is 2.04. The van der Waals surface area contributed by atoms with Crippen LogP contribution in [-0.2, 0) is 4.79 Å². The third-order valence-electron chi connectivity index (χ3n) is 2.03. The predicted octanol–water partition coefficient (Wildman–Crippen LogP) is -0.0914. The highest BCUT2D eigenvalue weighted by Crippen LogP contribution is 2.02. The molecule has 1 aromatic rings. The maximum absolute atomic E-state index is 11.6. The fourth-order valence-corrected chi connectivity index (χ4v) is 1.20. The molecular weight excluding hydrogens is 220 g/mol. The summed E-state index contributed by atoms with van der Waals surface area (Å²) in [7, 11) is 0. The number of hydrogen-bond acceptors (Lipinski definition) is 4. The predicted molar refractivity (Wildman–Crippen MR) is 63.3 cm³/mol. The van der Waals surface area contributed by atoms with Crippen LogP contribution in [0.2, 0.25) is 0 Å². The molecule has 17 heavy (non-hydrogen) atoms. The molecule has 2 amide bonds. The van der Waals surface area contributed by atoms with Crippen molar-refractivity contribution in [2.75, 3.05) is 6.54 Å². The first-order valence-corrected chi connectivity index (χ1v) is 4.99. The number of carbonyl (C=O) groups excluding carboxylic acids is 2. The van der Waals surface area contributed by atoms with E-state index in [-0.39, 0.29) is 18.9 Å². The zero-order valence-electron chi connectivity index (χ0n) is 9.14. The van der Waals surface area contributed by atoms with Gasteiger partial charge in [0.15, 0.2) is 0 Å². The third kappa shape index (κ3) is 4.33. The Bertz CT molecular complexity index is 426. The SMILES string of the molecule is [NH]C(=O)CCNC(=O)c1ccc(C=NN)cc1. The Morgan fingerprint density at radius 1 is 1.35 bits per heavy atom. The Balaban J connectivity index is 2.54. The molecule has 1 rings (SSSR count). The van der Waals surface area contributed by atoms with Gasteiger partial charge in [0.25, 0.3) is 5.91 Å². The topological polar surface area (TPSA) is 108 Å². The monoisotopic (exact) mass is 233 g/mol. The molecule has 0 saturated carbocycles. The largest absolute Gasteiger partial charge is 0.352 e. The summed E-state index contributed by atoms with van der Waals surface area (Å²) < 4.78 is 0. The Morgan fingerprint density at radius 3 is 2.53 bits per heavy atom. The molecule has 0 aliphatic carbocycles. The van der Waals surface area contributed by atoms with Gasteiger partial charge in [0.2, 0.25) is 5.91 Å². The first-order chi connectivity index (χ1) is 8.13. The molecule has 0 aromatic heterocycles. The van der Waals surface area contributed by atoms with E-state index in [1.807, 2.05) is 0 Å². The van der Waals surface area contributed by atoms with E-state index >= 15 is 0 Å². The lowest BCUT2D eigenvalue weighted by Gasteiger charge is -2.03. The highest BCUT2D eigenvalue weighted by atomic mass is 16.2. The summed E-state index contributed by atoms with van der Waals surface area (Å²) in [6.07, 6.45) is 1.49. The van der Waals surface area contributed by atoms with Gasteiger partial charge in [0, 0.05) is 18.5 Å². The summed E-state index contributed by atoms with van der Waals surface area (Å²) in [6.45, 7) is 0.174. The van der Waals surface area contributed by atoms with Crippen molar-refractivity contribution in [2.45, 2.75) is 6.42 Å². The van der Waals surface area contributed by atoms with Gasteiger partial charge in [-0.1, -0.05) is 12.1 Å². The van der Waals surface area contributed by atoms with Crippen molar-refractivity contribution < 1.29 is 9.59 Å². The number of benzene rings is 1. The summed E-state index contributed by atoms with van der Waals surface area (Å²) in [5.74, 6) is 4.02. The summed E-state index contributed by atoms with van der Waals surface area (Å²) in [5.41, 5.74) is 7.96. The Morgan fingerprint density at radius 2 is 2.00 bits per heavy atom. The fourth-order valence-electron chi connectivity index (χ4n) is 1.20. The van der Waals surface area contributed by atoms with Crippen molar-refractivity contribution in [3.05, 3.63) is 35.4 Å². The van der Waals surface area contributed by atoms with Crippen molar-refractivity contribution in [3.63, 3.8) is 0 Å². The average molecular weight is 233 g/mol. The molecule has 6 heteroatoms. The smallest absolute Gasteiger partial charge is 0.251 e. The Kier molecular flexibility index (Phi) is 4.68. The summed E-state index contributed by atoms with van der Waals surface area (Å²) in [4.78, 5) is 21.9. The van der Waals surface area contributed by atoms with Gasteiger partial charge in [-0.05, 0) is 17.7 Å². The van der Waals surface area contributed by atoms with E-state index in [4.69, 9.17) is 11.6 Å². The van der Waals surface area contributed by atoms with E-state index in [0.717, 1.165) is 5.56 Å². The molecule has 0 atom stereocenters. The van der Waals surface area contributed by atoms with Crippen molar-refractivity contribution in [3.8, 4) is 0 Å². The second kappa shape index (κ2) is 6.26. The van der Waals surface area contributed by atoms with Crippen LogP contribution >= 0.6 is 0 Å². The second-order valence-electron chi connectivity index (χ2n) is 3.33. The highest BCUT2D eigenvalue weighted by molar-refractivity contribution is 5.95. The van der Waals surface area contributed by atoms with Gasteiger partial charge < -0.3 is 11.2 Å². The minimum Gasteiger partial charge on any atom is -0.352 e. The molecule has 0 aliphatic rings. The van der Waals surface area contributed by atoms with Crippen LogP contribution in [0, 0.1) is 0 Å². The van der Waals surface area contributed by atoms with Gasteiger partial charge in [-0.15, -0.1) is 0 Å². The molecule has 1 aromatic carbocycles.